The molecule has 0 radical (unpaired) electrons. The zero-order valence-electron chi connectivity index (χ0n) is 14.1. The van der Waals surface area contributed by atoms with Crippen molar-refractivity contribution in [3.05, 3.63) is 91.2 Å². The minimum atomic E-state index is -0.639. The van der Waals surface area contributed by atoms with Crippen LogP contribution in [0.3, 0.4) is 0 Å². The summed E-state index contributed by atoms with van der Waals surface area (Å²) >= 11 is 3.05. The van der Waals surface area contributed by atoms with Crippen molar-refractivity contribution in [2.24, 2.45) is 0 Å². The van der Waals surface area contributed by atoms with E-state index < -0.39 is 4.92 Å². The van der Waals surface area contributed by atoms with Crippen molar-refractivity contribution in [1.29, 1.82) is 0 Å². The average Bonchev–Trinajstić information content (AvgIpc) is 2.64. The number of nitro benzene ring substituents is 2. The van der Waals surface area contributed by atoms with Gasteiger partial charge in [-0.2, -0.15) is 0 Å². The topological polar surface area (TPSA) is 119 Å². The van der Waals surface area contributed by atoms with Crippen LogP contribution in [0.4, 0.5) is 11.4 Å². The summed E-state index contributed by atoms with van der Waals surface area (Å²) in [6.07, 6.45) is 3.27. The van der Waals surface area contributed by atoms with Crippen LogP contribution >= 0.6 is 15.9 Å². The molecule has 0 fully saturated rings. The third kappa shape index (κ3) is 5.32. The van der Waals surface area contributed by atoms with Crippen LogP contribution in [0, 0.1) is 27.2 Å². The summed E-state index contributed by atoms with van der Waals surface area (Å²) in [6.45, 7) is 1.83. The molecule has 0 aliphatic rings. The molecule has 0 spiro atoms. The first kappa shape index (κ1) is 20.0. The predicted octanol–water partition coefficient (Wildman–Crippen LogP) is 5.03. The number of aromatic nitrogens is 1. The Kier molecular flexibility index (Phi) is 6.56. The van der Waals surface area contributed by atoms with E-state index in [1.807, 2.05) is 19.1 Å². The van der Waals surface area contributed by atoms with Crippen molar-refractivity contribution in [2.75, 3.05) is 0 Å². The lowest BCUT2D eigenvalue weighted by Gasteiger charge is -2.03. The van der Waals surface area contributed by atoms with Gasteiger partial charge in [-0.05, 0) is 36.8 Å². The summed E-state index contributed by atoms with van der Waals surface area (Å²) in [6, 6.07) is 12.8. The highest BCUT2D eigenvalue weighted by atomic mass is 79.9. The van der Waals surface area contributed by atoms with Gasteiger partial charge >= 0.3 is 5.69 Å². The molecule has 3 rings (SSSR count). The highest BCUT2D eigenvalue weighted by Crippen LogP contribution is 2.30. The molecule has 0 saturated heterocycles. The predicted molar refractivity (Wildman–Crippen MR) is 104 cm³/mol. The summed E-state index contributed by atoms with van der Waals surface area (Å²) in [5.74, 6) is -0.321. The third-order valence-electron chi connectivity index (χ3n) is 3.46. The van der Waals surface area contributed by atoms with E-state index in [2.05, 4.69) is 20.9 Å². The minimum Gasteiger partial charge on any atom is -0.502 e. The highest BCUT2D eigenvalue weighted by molar-refractivity contribution is 9.10. The molecule has 27 heavy (non-hydrogen) atoms. The van der Waals surface area contributed by atoms with E-state index in [0.717, 1.165) is 11.1 Å². The number of pyridine rings is 1. The molecule has 1 aromatic heterocycles. The molecule has 138 valence electrons. The van der Waals surface area contributed by atoms with E-state index in [1.54, 1.807) is 30.6 Å². The number of rotatable bonds is 3. The highest BCUT2D eigenvalue weighted by Gasteiger charge is 2.15. The number of aryl methyl sites for hydroxylation is 1. The molecule has 3 aromatic rings. The fourth-order valence-corrected chi connectivity index (χ4v) is 2.55. The van der Waals surface area contributed by atoms with E-state index in [-0.39, 0.29) is 22.0 Å². The van der Waals surface area contributed by atoms with Gasteiger partial charge in [-0.25, -0.2) is 0 Å². The first-order valence-corrected chi connectivity index (χ1v) is 8.37. The van der Waals surface area contributed by atoms with Gasteiger partial charge in [0.05, 0.1) is 15.4 Å². The van der Waals surface area contributed by atoms with Crippen molar-refractivity contribution in [3.8, 4) is 16.9 Å². The first-order valence-electron chi connectivity index (χ1n) is 7.58. The molecule has 1 heterocycles. The number of phenols is 1. The van der Waals surface area contributed by atoms with E-state index in [4.69, 9.17) is 5.11 Å². The number of phenolic OH excluding ortho intramolecular Hbond substituents is 1. The third-order valence-corrected chi connectivity index (χ3v) is 3.95. The standard InChI is InChI=1S/C12H10N2O2.C6H4BrNO3/c1-9-4-5-11(12(7-9)14(15)16)10-3-2-6-13-8-10;7-4-1-2-6(9)5(3-4)8(10)11/h2-8H,1H3;1-3,9H. The molecule has 1 N–H and O–H groups in total. The maximum absolute atomic E-state index is 10.9. The van der Waals surface area contributed by atoms with Gasteiger partial charge in [0.2, 0.25) is 0 Å². The van der Waals surface area contributed by atoms with Crippen molar-refractivity contribution < 1.29 is 15.0 Å². The van der Waals surface area contributed by atoms with E-state index in [0.29, 0.717) is 10.0 Å². The van der Waals surface area contributed by atoms with Gasteiger partial charge in [0.1, 0.15) is 0 Å². The van der Waals surface area contributed by atoms with Crippen molar-refractivity contribution >= 4 is 27.3 Å². The largest absolute Gasteiger partial charge is 0.502 e. The van der Waals surface area contributed by atoms with Gasteiger partial charge in [0, 0.05) is 34.6 Å². The fraction of sp³-hybridized carbons (Fsp3) is 0.0556. The maximum atomic E-state index is 10.9. The van der Waals surface area contributed by atoms with Gasteiger partial charge < -0.3 is 5.11 Å². The summed E-state index contributed by atoms with van der Waals surface area (Å²) in [5.41, 5.74) is 2.06. The zero-order chi connectivity index (χ0) is 20.0. The van der Waals surface area contributed by atoms with Crippen LogP contribution in [-0.4, -0.2) is 19.9 Å². The Labute approximate surface area is 162 Å². The first-order chi connectivity index (χ1) is 12.8. The average molecular weight is 432 g/mol. The minimum absolute atomic E-state index is 0.119. The van der Waals surface area contributed by atoms with Gasteiger partial charge in [-0.15, -0.1) is 0 Å². The van der Waals surface area contributed by atoms with Crippen LogP contribution in [0.15, 0.2) is 65.4 Å². The molecular formula is C18H14BrN3O5. The second-order valence-corrected chi connectivity index (χ2v) is 6.33. The Morgan fingerprint density at radius 3 is 2.26 bits per heavy atom. The molecular weight excluding hydrogens is 418 g/mol. The molecule has 0 unspecified atom stereocenters. The van der Waals surface area contributed by atoms with Crippen LogP contribution < -0.4 is 0 Å². The lowest BCUT2D eigenvalue weighted by Crippen LogP contribution is -1.93. The number of hydrogen-bond acceptors (Lipinski definition) is 6. The van der Waals surface area contributed by atoms with Gasteiger partial charge in [-0.1, -0.05) is 28.1 Å². The van der Waals surface area contributed by atoms with E-state index in [9.17, 15) is 20.2 Å². The number of hydrogen-bond donors (Lipinski definition) is 1. The Morgan fingerprint density at radius 2 is 1.70 bits per heavy atom. The lowest BCUT2D eigenvalue weighted by molar-refractivity contribution is -0.385. The molecule has 0 atom stereocenters. The Hall–Kier alpha value is -3.33. The monoisotopic (exact) mass is 431 g/mol. The fourth-order valence-electron chi connectivity index (χ4n) is 2.20. The summed E-state index contributed by atoms with van der Waals surface area (Å²) < 4.78 is 0.571. The normalized spacial score (nSPS) is 9.85. The number of nitro groups is 2. The van der Waals surface area contributed by atoms with Gasteiger partial charge in [-0.3, -0.25) is 25.2 Å². The molecule has 0 amide bonds. The molecule has 0 bridgehead atoms. The quantitative estimate of drug-likeness (QED) is 0.458. The molecule has 0 aliphatic carbocycles. The molecule has 9 heteroatoms. The number of nitrogens with zero attached hydrogens (tertiary/aromatic N) is 3. The number of halogens is 1. The van der Waals surface area contributed by atoms with Crippen molar-refractivity contribution in [1.82, 2.24) is 4.98 Å². The van der Waals surface area contributed by atoms with Gasteiger partial charge in [0.15, 0.2) is 5.75 Å². The van der Waals surface area contributed by atoms with Crippen LogP contribution in [0.2, 0.25) is 0 Å². The van der Waals surface area contributed by atoms with Crippen LogP contribution in [0.1, 0.15) is 5.56 Å². The lowest BCUT2D eigenvalue weighted by atomic mass is 10.0. The van der Waals surface area contributed by atoms with E-state index in [1.165, 1.54) is 18.2 Å². The molecule has 0 aliphatic heterocycles. The van der Waals surface area contributed by atoms with Crippen LogP contribution in [-0.2, 0) is 0 Å². The maximum Gasteiger partial charge on any atom is 0.311 e. The van der Waals surface area contributed by atoms with Crippen molar-refractivity contribution in [3.63, 3.8) is 0 Å². The summed E-state index contributed by atoms with van der Waals surface area (Å²) in [5, 5.41) is 30.1. The SMILES string of the molecule is Cc1ccc(-c2cccnc2)c([N+](=O)[O-])c1.O=[N+]([O-])c1cc(Br)ccc1O. The van der Waals surface area contributed by atoms with E-state index >= 15 is 0 Å². The molecule has 0 saturated carbocycles. The molecule has 2 aromatic carbocycles. The van der Waals surface area contributed by atoms with Crippen molar-refractivity contribution in [2.45, 2.75) is 6.92 Å². The Balaban J connectivity index is 0.000000208. The smallest absolute Gasteiger partial charge is 0.311 e. The molecule has 8 nitrogen and oxygen atoms in total. The van der Waals surface area contributed by atoms with Gasteiger partial charge in [0.25, 0.3) is 5.69 Å². The van der Waals surface area contributed by atoms with Crippen LogP contribution in [0.25, 0.3) is 11.1 Å². The number of benzene rings is 2. The summed E-state index contributed by atoms with van der Waals surface area (Å²) in [7, 11) is 0. The summed E-state index contributed by atoms with van der Waals surface area (Å²) in [4.78, 5) is 24.1. The van der Waals surface area contributed by atoms with Crippen LogP contribution in [0.5, 0.6) is 5.75 Å². The second kappa shape index (κ2) is 8.86. The Bertz CT molecular complexity index is 980. The second-order valence-electron chi connectivity index (χ2n) is 5.41. The number of aromatic hydroxyl groups is 1. The zero-order valence-corrected chi connectivity index (χ0v) is 15.7. The Morgan fingerprint density at radius 1 is 1.00 bits per heavy atom.